The van der Waals surface area contributed by atoms with Crippen LogP contribution in [-0.4, -0.2) is 11.1 Å². The SMILES string of the molecule is CC(C)(C)[C@H](N)C[C@H](O)c1ccc(C(F)(F)F)cc1. The predicted octanol–water partition coefficient (Wildman–Crippen LogP) is 3.50. The number of rotatable bonds is 3. The van der Waals surface area contributed by atoms with Gasteiger partial charge in [0.25, 0.3) is 0 Å². The van der Waals surface area contributed by atoms with E-state index in [2.05, 4.69) is 0 Å². The van der Waals surface area contributed by atoms with E-state index in [0.717, 1.165) is 12.1 Å². The first-order chi connectivity index (χ1) is 8.51. The number of alkyl halides is 3. The van der Waals surface area contributed by atoms with Crippen molar-refractivity contribution < 1.29 is 18.3 Å². The van der Waals surface area contributed by atoms with Gasteiger partial charge in [0.15, 0.2) is 0 Å². The van der Waals surface area contributed by atoms with Crippen LogP contribution in [0.4, 0.5) is 13.2 Å². The molecule has 2 nitrogen and oxygen atoms in total. The molecule has 0 unspecified atom stereocenters. The summed E-state index contributed by atoms with van der Waals surface area (Å²) in [6.07, 6.45) is -4.89. The van der Waals surface area contributed by atoms with Crippen LogP contribution in [0.3, 0.4) is 0 Å². The number of benzene rings is 1. The lowest BCUT2D eigenvalue weighted by molar-refractivity contribution is -0.137. The Morgan fingerprint density at radius 3 is 1.95 bits per heavy atom. The molecule has 1 aromatic carbocycles. The maximum Gasteiger partial charge on any atom is 0.416 e. The summed E-state index contributed by atoms with van der Waals surface area (Å²) in [5.41, 5.74) is 5.52. The highest BCUT2D eigenvalue weighted by Gasteiger charge is 2.30. The first-order valence-electron chi connectivity index (χ1n) is 6.12. The highest BCUT2D eigenvalue weighted by molar-refractivity contribution is 5.26. The van der Waals surface area contributed by atoms with Crippen LogP contribution in [0.2, 0.25) is 0 Å². The third kappa shape index (κ3) is 4.51. The van der Waals surface area contributed by atoms with E-state index in [1.807, 2.05) is 20.8 Å². The molecular weight excluding hydrogens is 255 g/mol. The fraction of sp³-hybridized carbons (Fsp3) is 0.571. The first kappa shape index (κ1) is 16.0. The molecule has 0 saturated carbocycles. The second-order valence-electron chi connectivity index (χ2n) is 5.84. The van der Waals surface area contributed by atoms with Crippen LogP contribution >= 0.6 is 0 Å². The van der Waals surface area contributed by atoms with Crippen molar-refractivity contribution in [3.63, 3.8) is 0 Å². The van der Waals surface area contributed by atoms with Crippen LogP contribution in [0.5, 0.6) is 0 Å². The molecule has 0 aliphatic heterocycles. The molecular formula is C14H20F3NO. The predicted molar refractivity (Wildman–Crippen MR) is 68.5 cm³/mol. The number of aliphatic hydroxyl groups is 1. The molecule has 0 amide bonds. The maximum atomic E-state index is 12.4. The molecule has 2 atom stereocenters. The molecule has 19 heavy (non-hydrogen) atoms. The average Bonchev–Trinajstić information content (AvgIpc) is 2.26. The van der Waals surface area contributed by atoms with Crippen molar-refractivity contribution in [2.45, 2.75) is 45.5 Å². The van der Waals surface area contributed by atoms with Crippen molar-refractivity contribution in [3.8, 4) is 0 Å². The molecule has 0 fully saturated rings. The summed E-state index contributed by atoms with van der Waals surface area (Å²) in [5, 5.41) is 9.99. The van der Waals surface area contributed by atoms with E-state index in [1.165, 1.54) is 12.1 Å². The molecule has 0 radical (unpaired) electrons. The lowest BCUT2D eigenvalue weighted by Crippen LogP contribution is -2.36. The van der Waals surface area contributed by atoms with Gasteiger partial charge in [-0.05, 0) is 29.5 Å². The molecule has 1 aromatic rings. The minimum Gasteiger partial charge on any atom is -0.388 e. The highest BCUT2D eigenvalue weighted by atomic mass is 19.4. The molecule has 1 rings (SSSR count). The summed E-state index contributed by atoms with van der Waals surface area (Å²) in [5.74, 6) is 0. The molecule has 0 bridgehead atoms. The maximum absolute atomic E-state index is 12.4. The topological polar surface area (TPSA) is 46.2 Å². The van der Waals surface area contributed by atoms with Gasteiger partial charge in [-0.25, -0.2) is 0 Å². The van der Waals surface area contributed by atoms with Crippen LogP contribution in [0.1, 0.15) is 44.4 Å². The van der Waals surface area contributed by atoms with Crippen LogP contribution in [-0.2, 0) is 6.18 Å². The fourth-order valence-corrected chi connectivity index (χ4v) is 1.62. The third-order valence-electron chi connectivity index (χ3n) is 3.21. The van der Waals surface area contributed by atoms with E-state index in [0.29, 0.717) is 12.0 Å². The Bertz CT molecular complexity index is 406. The second kappa shape index (κ2) is 5.51. The summed E-state index contributed by atoms with van der Waals surface area (Å²) in [6.45, 7) is 5.87. The number of halogens is 3. The Kier molecular flexibility index (Phi) is 4.63. The van der Waals surface area contributed by atoms with E-state index >= 15 is 0 Å². The molecule has 5 heteroatoms. The first-order valence-corrected chi connectivity index (χ1v) is 6.12. The van der Waals surface area contributed by atoms with Gasteiger partial charge in [-0.1, -0.05) is 32.9 Å². The van der Waals surface area contributed by atoms with Crippen LogP contribution < -0.4 is 5.73 Å². The minimum absolute atomic E-state index is 0.160. The molecule has 0 aromatic heterocycles. The quantitative estimate of drug-likeness (QED) is 0.886. The summed E-state index contributed by atoms with van der Waals surface area (Å²) < 4.78 is 37.2. The highest BCUT2D eigenvalue weighted by Crippen LogP contribution is 2.31. The van der Waals surface area contributed by atoms with Crippen molar-refractivity contribution in [2.24, 2.45) is 11.1 Å². The van der Waals surface area contributed by atoms with Gasteiger partial charge in [0, 0.05) is 6.04 Å². The van der Waals surface area contributed by atoms with Crippen molar-refractivity contribution in [2.75, 3.05) is 0 Å². The van der Waals surface area contributed by atoms with Gasteiger partial charge < -0.3 is 10.8 Å². The molecule has 0 heterocycles. The van der Waals surface area contributed by atoms with Crippen LogP contribution in [0, 0.1) is 5.41 Å². The standard InChI is InChI=1S/C14H20F3NO/c1-13(2,3)12(18)8-11(19)9-4-6-10(7-5-9)14(15,16)17/h4-7,11-12,19H,8,18H2,1-3H3/t11-,12+/m0/s1. The van der Waals surface area contributed by atoms with E-state index < -0.39 is 17.8 Å². The summed E-state index contributed by atoms with van der Waals surface area (Å²) in [6, 6.07) is 4.30. The van der Waals surface area contributed by atoms with Crippen LogP contribution in [0.15, 0.2) is 24.3 Å². The normalized spacial score (nSPS) is 16.2. The van der Waals surface area contributed by atoms with E-state index in [1.54, 1.807) is 0 Å². The lowest BCUT2D eigenvalue weighted by Gasteiger charge is -2.29. The molecule has 108 valence electrons. The molecule has 0 aliphatic rings. The monoisotopic (exact) mass is 275 g/mol. The average molecular weight is 275 g/mol. The Morgan fingerprint density at radius 2 is 1.58 bits per heavy atom. The molecule has 0 saturated heterocycles. The van der Waals surface area contributed by atoms with Gasteiger partial charge in [-0.3, -0.25) is 0 Å². The minimum atomic E-state index is -4.36. The number of aliphatic hydroxyl groups excluding tert-OH is 1. The second-order valence-corrected chi connectivity index (χ2v) is 5.84. The van der Waals surface area contributed by atoms with Crippen molar-refractivity contribution in [1.82, 2.24) is 0 Å². The van der Waals surface area contributed by atoms with Gasteiger partial charge >= 0.3 is 6.18 Å². The molecule has 3 N–H and O–H groups in total. The van der Waals surface area contributed by atoms with E-state index in [9.17, 15) is 18.3 Å². The van der Waals surface area contributed by atoms with Gasteiger partial charge in [-0.15, -0.1) is 0 Å². The summed E-state index contributed by atoms with van der Waals surface area (Å²) >= 11 is 0. The fourth-order valence-electron chi connectivity index (χ4n) is 1.62. The van der Waals surface area contributed by atoms with E-state index in [-0.39, 0.29) is 11.5 Å². The molecule has 0 spiro atoms. The van der Waals surface area contributed by atoms with Gasteiger partial charge in [-0.2, -0.15) is 13.2 Å². The largest absolute Gasteiger partial charge is 0.416 e. The Labute approximate surface area is 111 Å². The van der Waals surface area contributed by atoms with Gasteiger partial charge in [0.2, 0.25) is 0 Å². The number of hydrogen-bond donors (Lipinski definition) is 2. The smallest absolute Gasteiger partial charge is 0.388 e. The molecule has 0 aliphatic carbocycles. The van der Waals surface area contributed by atoms with Crippen molar-refractivity contribution in [3.05, 3.63) is 35.4 Å². The zero-order valence-corrected chi connectivity index (χ0v) is 11.3. The van der Waals surface area contributed by atoms with Crippen molar-refractivity contribution in [1.29, 1.82) is 0 Å². The summed E-state index contributed by atoms with van der Waals surface area (Å²) in [7, 11) is 0. The zero-order chi connectivity index (χ0) is 14.8. The van der Waals surface area contributed by atoms with Gasteiger partial charge in [0.05, 0.1) is 11.7 Å². The van der Waals surface area contributed by atoms with E-state index in [4.69, 9.17) is 5.73 Å². The third-order valence-corrected chi connectivity index (χ3v) is 3.21. The Morgan fingerprint density at radius 1 is 1.11 bits per heavy atom. The number of nitrogens with two attached hydrogens (primary N) is 1. The number of hydrogen-bond acceptors (Lipinski definition) is 2. The summed E-state index contributed by atoms with van der Waals surface area (Å²) in [4.78, 5) is 0. The Hall–Kier alpha value is -1.07. The van der Waals surface area contributed by atoms with Gasteiger partial charge in [0.1, 0.15) is 0 Å². The lowest BCUT2D eigenvalue weighted by atomic mass is 9.83. The van der Waals surface area contributed by atoms with Crippen molar-refractivity contribution >= 4 is 0 Å². The van der Waals surface area contributed by atoms with Crippen LogP contribution in [0.25, 0.3) is 0 Å². The Balaban J connectivity index is 2.76. The zero-order valence-electron chi connectivity index (χ0n) is 11.3.